The van der Waals surface area contributed by atoms with Crippen LogP contribution in [0, 0.1) is 28.9 Å². The lowest BCUT2D eigenvalue weighted by atomic mass is 9.47. The Bertz CT molecular complexity index is 1870. The Kier molecular flexibility index (Phi) is 6.44. The van der Waals surface area contributed by atoms with Crippen molar-refractivity contribution in [2.45, 2.75) is 24.7 Å². The molecular weight excluding hydrogens is 580 g/mol. The van der Waals surface area contributed by atoms with Gasteiger partial charge < -0.3 is 0 Å². The van der Waals surface area contributed by atoms with Crippen LogP contribution in [0.25, 0.3) is 0 Å². The van der Waals surface area contributed by atoms with Gasteiger partial charge in [-0.2, -0.15) is 5.10 Å². The zero-order valence-electron chi connectivity index (χ0n) is 23.4. The van der Waals surface area contributed by atoms with Crippen LogP contribution in [0.4, 0.5) is 11.4 Å². The van der Waals surface area contributed by atoms with Gasteiger partial charge in [-0.1, -0.05) is 78.3 Å². The highest BCUT2D eigenvalue weighted by molar-refractivity contribution is 6.32. The van der Waals surface area contributed by atoms with Crippen LogP contribution in [0.3, 0.4) is 0 Å². The summed E-state index contributed by atoms with van der Waals surface area (Å²) in [7, 11) is 0. The molecule has 2 atom stereocenters. The minimum atomic E-state index is -1.14. The number of benzene rings is 4. The monoisotopic (exact) mass is 604 g/mol. The summed E-state index contributed by atoms with van der Waals surface area (Å²) in [6.45, 7) is 1.86. The Hall–Kier alpha value is -5.15. The van der Waals surface area contributed by atoms with Gasteiger partial charge in [0.15, 0.2) is 0 Å². The van der Waals surface area contributed by atoms with Gasteiger partial charge in [0.05, 0.1) is 34.3 Å². The van der Waals surface area contributed by atoms with Gasteiger partial charge in [-0.05, 0) is 52.4 Å². The van der Waals surface area contributed by atoms with Crippen molar-refractivity contribution >= 4 is 46.9 Å². The van der Waals surface area contributed by atoms with Crippen LogP contribution in [0.5, 0.6) is 0 Å². The first-order valence-corrected chi connectivity index (χ1v) is 14.5. The highest BCUT2D eigenvalue weighted by Crippen LogP contribution is 2.63. The maximum absolute atomic E-state index is 14.4. The third-order valence-electron chi connectivity index (χ3n) is 9.07. The number of non-ortho nitro benzene ring substituents is 1. The zero-order valence-corrected chi connectivity index (χ0v) is 24.2. The number of carbonyl (C=O) groups excluding carboxylic acids is 3. The summed E-state index contributed by atoms with van der Waals surface area (Å²) in [5, 5.41) is 15.8. The van der Waals surface area contributed by atoms with Crippen LogP contribution in [-0.2, 0) is 26.2 Å². The number of aryl methyl sites for hydroxylation is 1. The number of hydrogen-bond acceptors (Lipinski definition) is 6. The van der Waals surface area contributed by atoms with Crippen molar-refractivity contribution in [2.24, 2.45) is 16.9 Å². The second kappa shape index (κ2) is 10.2. The molecule has 4 aromatic carbocycles. The van der Waals surface area contributed by atoms with Crippen LogP contribution in [0.1, 0.15) is 39.3 Å². The average molecular weight is 605 g/mol. The van der Waals surface area contributed by atoms with Crippen molar-refractivity contribution in [3.63, 3.8) is 0 Å². The number of imide groups is 1. The summed E-state index contributed by atoms with van der Waals surface area (Å²) in [6.07, 6.45) is 1.55. The Morgan fingerprint density at radius 2 is 1.61 bits per heavy atom. The lowest BCUT2D eigenvalue weighted by Crippen LogP contribution is -2.54. The largest absolute Gasteiger partial charge is 0.274 e. The van der Waals surface area contributed by atoms with Gasteiger partial charge in [0.2, 0.25) is 17.7 Å². The van der Waals surface area contributed by atoms with Crippen molar-refractivity contribution < 1.29 is 19.3 Å². The molecule has 0 radical (unpaired) electrons. The molecule has 0 aromatic heterocycles. The summed E-state index contributed by atoms with van der Waals surface area (Å²) < 4.78 is 0. The Morgan fingerprint density at radius 1 is 0.977 bits per heavy atom. The topological polar surface area (TPSA) is 122 Å². The van der Waals surface area contributed by atoms with Gasteiger partial charge in [-0.3, -0.25) is 24.5 Å². The first-order chi connectivity index (χ1) is 21.2. The van der Waals surface area contributed by atoms with Gasteiger partial charge in [0, 0.05) is 29.3 Å². The molecule has 2 bridgehead atoms. The van der Waals surface area contributed by atoms with Crippen LogP contribution < -0.4 is 10.3 Å². The maximum atomic E-state index is 14.4. The van der Waals surface area contributed by atoms with E-state index in [4.69, 9.17) is 11.6 Å². The van der Waals surface area contributed by atoms with Gasteiger partial charge in [0.1, 0.15) is 0 Å². The Morgan fingerprint density at radius 3 is 2.23 bits per heavy atom. The number of halogens is 1. The summed E-state index contributed by atoms with van der Waals surface area (Å²) in [4.78, 5) is 53.3. The predicted molar refractivity (Wildman–Crippen MR) is 165 cm³/mol. The van der Waals surface area contributed by atoms with Gasteiger partial charge in [-0.15, -0.1) is 0 Å². The molecule has 0 unspecified atom stereocenters. The van der Waals surface area contributed by atoms with Crippen molar-refractivity contribution in [2.75, 3.05) is 4.90 Å². The molecule has 8 rings (SSSR count). The molecule has 3 amide bonds. The molecule has 4 aliphatic rings. The van der Waals surface area contributed by atoms with E-state index in [2.05, 4.69) is 10.5 Å². The standard InChI is InChI=1S/C34H25ClN4O5/c1-19-10-13-22(17-27(19)35)38-32(41)30-29-23-6-2-4-8-25(23)34(31(30)33(38)42,26-9-5-3-7-24(26)29)18-36-37-28(40)16-20-11-14-21(15-12-20)39(43)44/h2-15,17-18,29-31H,16H2,1H3,(H,37,40)/b36-18-/t29?,30-,31-,34?/m0/s1. The first kappa shape index (κ1) is 27.7. The minimum absolute atomic E-state index is 0.0526. The predicted octanol–water partition coefficient (Wildman–Crippen LogP) is 5.45. The van der Waals surface area contributed by atoms with Crippen molar-refractivity contribution in [3.8, 4) is 0 Å². The molecule has 1 N–H and O–H groups in total. The second-order valence-electron chi connectivity index (χ2n) is 11.4. The van der Waals surface area contributed by atoms with Crippen LogP contribution in [0.15, 0.2) is 96.1 Å². The number of carbonyl (C=O) groups is 3. The summed E-state index contributed by atoms with van der Waals surface area (Å²) in [6, 6.07) is 26.4. The first-order valence-electron chi connectivity index (χ1n) is 14.1. The van der Waals surface area contributed by atoms with Crippen LogP contribution >= 0.6 is 11.6 Å². The van der Waals surface area contributed by atoms with E-state index in [1.165, 1.54) is 29.2 Å². The van der Waals surface area contributed by atoms with E-state index in [9.17, 15) is 24.5 Å². The van der Waals surface area contributed by atoms with Gasteiger partial charge in [-0.25, -0.2) is 10.3 Å². The number of nitrogens with one attached hydrogen (secondary N) is 1. The quantitative estimate of drug-likeness (QED) is 0.136. The molecule has 0 spiro atoms. The van der Waals surface area contributed by atoms with Crippen LogP contribution in [0.2, 0.25) is 5.02 Å². The highest BCUT2D eigenvalue weighted by Gasteiger charge is 2.68. The van der Waals surface area contributed by atoms with Crippen LogP contribution in [-0.4, -0.2) is 28.9 Å². The summed E-state index contributed by atoms with van der Waals surface area (Å²) in [5.41, 5.74) is 6.84. The second-order valence-corrected chi connectivity index (χ2v) is 11.8. The molecule has 1 aliphatic heterocycles. The fourth-order valence-corrected chi connectivity index (χ4v) is 7.37. The molecule has 4 aromatic rings. The van der Waals surface area contributed by atoms with E-state index in [0.717, 1.165) is 27.8 Å². The number of hydrazone groups is 1. The number of rotatable bonds is 6. The summed E-state index contributed by atoms with van der Waals surface area (Å²) in [5.74, 6) is -2.90. The normalized spacial score (nSPS) is 23.0. The third-order valence-corrected chi connectivity index (χ3v) is 9.47. The number of anilines is 1. The Balaban J connectivity index is 1.31. The number of amides is 3. The van der Waals surface area contributed by atoms with E-state index in [1.54, 1.807) is 24.4 Å². The fraction of sp³-hybridized carbons (Fsp3) is 0.176. The minimum Gasteiger partial charge on any atom is -0.274 e. The molecule has 44 heavy (non-hydrogen) atoms. The van der Waals surface area contributed by atoms with Crippen molar-refractivity contribution in [1.82, 2.24) is 5.43 Å². The molecule has 0 saturated carbocycles. The highest BCUT2D eigenvalue weighted by atomic mass is 35.5. The lowest BCUT2D eigenvalue weighted by molar-refractivity contribution is -0.384. The molecule has 1 fully saturated rings. The third kappa shape index (κ3) is 4.00. The van der Waals surface area contributed by atoms with E-state index < -0.39 is 28.1 Å². The average Bonchev–Trinajstić information content (AvgIpc) is 3.29. The molecule has 3 aliphatic carbocycles. The fourth-order valence-electron chi connectivity index (χ4n) is 7.19. The number of nitro benzene ring substituents is 1. The molecular formula is C34H25ClN4O5. The van der Waals surface area contributed by atoms with E-state index >= 15 is 0 Å². The number of hydrogen-bond donors (Lipinski definition) is 1. The molecule has 9 nitrogen and oxygen atoms in total. The summed E-state index contributed by atoms with van der Waals surface area (Å²) >= 11 is 6.42. The molecule has 1 heterocycles. The zero-order chi connectivity index (χ0) is 30.7. The van der Waals surface area contributed by atoms with Gasteiger partial charge >= 0.3 is 0 Å². The number of nitrogens with zero attached hydrogens (tertiary/aromatic N) is 3. The molecule has 10 heteroatoms. The smallest absolute Gasteiger partial charge is 0.269 e. The van der Waals surface area contributed by atoms with E-state index in [1.807, 2.05) is 55.5 Å². The van der Waals surface area contributed by atoms with Gasteiger partial charge in [0.25, 0.3) is 5.69 Å². The lowest BCUT2D eigenvalue weighted by Gasteiger charge is -2.52. The van der Waals surface area contributed by atoms with Crippen molar-refractivity contribution in [1.29, 1.82) is 0 Å². The molecule has 218 valence electrons. The SMILES string of the molecule is Cc1ccc(N2C(=O)[C@@H]3[C@@H](C2=O)C2c4ccccc4C3(/C=N\NC(=O)Cc3ccc([N+](=O)[O-])cc3)c3ccccc32)cc1Cl. The van der Waals surface area contributed by atoms with E-state index in [-0.39, 0.29) is 29.8 Å². The maximum Gasteiger partial charge on any atom is 0.269 e. The van der Waals surface area contributed by atoms with Crippen molar-refractivity contribution in [3.05, 3.63) is 140 Å². The molecule has 1 saturated heterocycles. The van der Waals surface area contributed by atoms with E-state index in [0.29, 0.717) is 16.3 Å². The Labute approximate surface area is 257 Å². The number of nitro groups is 1.